The number of benzene rings is 2. The summed E-state index contributed by atoms with van der Waals surface area (Å²) in [4.78, 5) is 30.0. The third kappa shape index (κ3) is 5.30. The van der Waals surface area contributed by atoms with Crippen molar-refractivity contribution in [2.24, 2.45) is 0 Å². The van der Waals surface area contributed by atoms with Crippen molar-refractivity contribution in [1.29, 1.82) is 0 Å². The van der Waals surface area contributed by atoms with Crippen molar-refractivity contribution in [1.82, 2.24) is 9.55 Å². The van der Waals surface area contributed by atoms with Gasteiger partial charge in [0, 0.05) is 15.7 Å². The minimum atomic E-state index is -0.755. The zero-order chi connectivity index (χ0) is 21.1. The zero-order valence-corrected chi connectivity index (χ0v) is 18.1. The van der Waals surface area contributed by atoms with Crippen LogP contribution in [0.25, 0.3) is 10.9 Å². The molecule has 2 atom stereocenters. The van der Waals surface area contributed by atoms with Gasteiger partial charge in [0.2, 0.25) is 5.91 Å². The van der Waals surface area contributed by atoms with Crippen molar-refractivity contribution in [3.05, 3.63) is 62.9 Å². The summed E-state index contributed by atoms with van der Waals surface area (Å²) in [5.41, 5.74) is 0.724. The predicted molar refractivity (Wildman–Crippen MR) is 118 cm³/mol. The highest BCUT2D eigenvalue weighted by molar-refractivity contribution is 8.00. The molecule has 6 nitrogen and oxygen atoms in total. The number of rotatable bonds is 6. The molecule has 0 radical (unpaired) electrons. The summed E-state index contributed by atoms with van der Waals surface area (Å²) in [7, 11) is 0. The van der Waals surface area contributed by atoms with E-state index in [1.807, 2.05) is 0 Å². The number of carbonyl (C=O) groups excluding carboxylic acids is 1. The highest BCUT2D eigenvalue weighted by Gasteiger charge is 2.20. The van der Waals surface area contributed by atoms with Crippen LogP contribution < -0.4 is 10.9 Å². The van der Waals surface area contributed by atoms with E-state index < -0.39 is 11.4 Å². The molecule has 9 heteroatoms. The maximum Gasteiger partial charge on any atom is 0.262 e. The fourth-order valence-electron chi connectivity index (χ4n) is 2.71. The number of amides is 1. The van der Waals surface area contributed by atoms with E-state index in [1.54, 1.807) is 56.3 Å². The Bertz CT molecular complexity index is 1120. The Morgan fingerprint density at radius 3 is 2.62 bits per heavy atom. The van der Waals surface area contributed by atoms with Gasteiger partial charge >= 0.3 is 0 Å². The van der Waals surface area contributed by atoms with Crippen LogP contribution in [0.2, 0.25) is 10.0 Å². The van der Waals surface area contributed by atoms with Gasteiger partial charge in [-0.3, -0.25) is 14.2 Å². The molecule has 0 fully saturated rings. The normalized spacial score (nSPS) is 13.3. The Morgan fingerprint density at radius 2 is 1.93 bits per heavy atom. The van der Waals surface area contributed by atoms with Crippen LogP contribution in [-0.2, 0) is 11.3 Å². The second-order valence-electron chi connectivity index (χ2n) is 6.58. The smallest absolute Gasteiger partial charge is 0.262 e. The standard InChI is InChI=1S/C20H19Cl2N3O3S/c1-11(26)10-25-19(28)16-7-6-14(22)9-17(16)24-20(25)29-12(2)18(27)23-15-5-3-4-13(21)8-15/h3-9,11-12,26H,10H2,1-2H3,(H,23,27)/t11-,12+/m1/s1. The minimum Gasteiger partial charge on any atom is -0.392 e. The van der Waals surface area contributed by atoms with Crippen LogP contribution in [-0.4, -0.2) is 31.9 Å². The molecule has 1 amide bonds. The summed E-state index contributed by atoms with van der Waals surface area (Å²) in [5, 5.41) is 13.8. The van der Waals surface area contributed by atoms with Crippen molar-refractivity contribution in [3.8, 4) is 0 Å². The second kappa shape index (κ2) is 9.17. The second-order valence-corrected chi connectivity index (χ2v) is 8.76. The van der Waals surface area contributed by atoms with Crippen LogP contribution in [0.1, 0.15) is 13.8 Å². The van der Waals surface area contributed by atoms with Crippen molar-refractivity contribution < 1.29 is 9.90 Å². The van der Waals surface area contributed by atoms with Gasteiger partial charge in [-0.15, -0.1) is 0 Å². The van der Waals surface area contributed by atoms with Crippen LogP contribution in [0, 0.1) is 0 Å². The summed E-state index contributed by atoms with van der Waals surface area (Å²) in [6.45, 7) is 3.36. The quantitative estimate of drug-likeness (QED) is 0.433. The number of anilines is 1. The lowest BCUT2D eigenvalue weighted by Crippen LogP contribution is -2.29. The van der Waals surface area contributed by atoms with E-state index in [9.17, 15) is 14.7 Å². The van der Waals surface area contributed by atoms with Crippen LogP contribution >= 0.6 is 35.0 Å². The molecule has 0 saturated carbocycles. The molecular weight excluding hydrogens is 433 g/mol. The summed E-state index contributed by atoms with van der Waals surface area (Å²) in [5.74, 6) is -0.263. The third-order valence-corrected chi connectivity index (χ3v) is 5.63. The minimum absolute atomic E-state index is 0.0648. The van der Waals surface area contributed by atoms with Gasteiger partial charge in [0.05, 0.1) is 28.8 Å². The van der Waals surface area contributed by atoms with Gasteiger partial charge in [0.15, 0.2) is 5.16 Å². The number of nitrogens with zero attached hydrogens (tertiary/aromatic N) is 2. The topological polar surface area (TPSA) is 84.2 Å². The molecule has 0 bridgehead atoms. The average Bonchev–Trinajstić information content (AvgIpc) is 2.64. The molecule has 0 spiro atoms. The molecule has 0 aliphatic carbocycles. The fraction of sp³-hybridized carbons (Fsp3) is 0.250. The fourth-order valence-corrected chi connectivity index (χ4v) is 3.99. The highest BCUT2D eigenvalue weighted by atomic mass is 35.5. The summed E-state index contributed by atoms with van der Waals surface area (Å²) in [6.07, 6.45) is -0.755. The van der Waals surface area contributed by atoms with Crippen LogP contribution in [0.15, 0.2) is 52.4 Å². The first-order chi connectivity index (χ1) is 13.7. The molecule has 3 rings (SSSR count). The molecule has 2 aromatic carbocycles. The average molecular weight is 452 g/mol. The number of aromatic nitrogens is 2. The van der Waals surface area contributed by atoms with E-state index >= 15 is 0 Å². The first kappa shape index (κ1) is 21.6. The molecule has 3 aromatic rings. The van der Waals surface area contributed by atoms with E-state index in [1.165, 1.54) is 4.57 Å². The highest BCUT2D eigenvalue weighted by Crippen LogP contribution is 2.25. The first-order valence-electron chi connectivity index (χ1n) is 8.86. The molecule has 0 unspecified atom stereocenters. The molecule has 0 aliphatic rings. The number of carbonyl (C=O) groups is 1. The van der Waals surface area contributed by atoms with Crippen molar-refractivity contribution in [2.75, 3.05) is 5.32 Å². The molecule has 1 aromatic heterocycles. The van der Waals surface area contributed by atoms with Crippen LogP contribution in [0.3, 0.4) is 0 Å². The SMILES string of the molecule is C[C@H](Sc1nc2cc(Cl)ccc2c(=O)n1C[C@@H](C)O)C(=O)Nc1cccc(Cl)c1. The lowest BCUT2D eigenvalue weighted by molar-refractivity contribution is -0.115. The lowest BCUT2D eigenvalue weighted by Gasteiger charge is -2.17. The van der Waals surface area contributed by atoms with E-state index in [-0.39, 0.29) is 18.0 Å². The van der Waals surface area contributed by atoms with Crippen LogP contribution in [0.5, 0.6) is 0 Å². The van der Waals surface area contributed by atoms with Crippen LogP contribution in [0.4, 0.5) is 5.69 Å². The van der Waals surface area contributed by atoms with Gasteiger partial charge in [-0.05, 0) is 50.2 Å². The van der Waals surface area contributed by atoms with Gasteiger partial charge in [-0.1, -0.05) is 41.0 Å². The number of fused-ring (bicyclic) bond motifs is 1. The van der Waals surface area contributed by atoms with E-state index in [0.717, 1.165) is 11.8 Å². The molecular formula is C20H19Cl2N3O3S. The van der Waals surface area contributed by atoms with Gasteiger partial charge in [-0.2, -0.15) is 0 Å². The van der Waals surface area contributed by atoms with E-state index in [4.69, 9.17) is 23.2 Å². The van der Waals surface area contributed by atoms with Gasteiger partial charge in [-0.25, -0.2) is 4.98 Å². The van der Waals surface area contributed by atoms with Gasteiger partial charge in [0.25, 0.3) is 5.56 Å². The van der Waals surface area contributed by atoms with Crippen molar-refractivity contribution in [3.63, 3.8) is 0 Å². The summed E-state index contributed by atoms with van der Waals surface area (Å²) in [6, 6.07) is 11.7. The van der Waals surface area contributed by atoms with Crippen molar-refractivity contribution >= 4 is 57.5 Å². The number of hydrogen-bond acceptors (Lipinski definition) is 5. The van der Waals surface area contributed by atoms with E-state index in [2.05, 4.69) is 10.3 Å². The number of thioether (sulfide) groups is 1. The Morgan fingerprint density at radius 1 is 1.21 bits per heavy atom. The molecule has 0 saturated heterocycles. The summed E-state index contributed by atoms with van der Waals surface area (Å²) < 4.78 is 1.38. The maximum absolute atomic E-state index is 12.9. The van der Waals surface area contributed by atoms with E-state index in [0.29, 0.717) is 31.8 Å². The molecule has 1 heterocycles. The molecule has 2 N–H and O–H groups in total. The molecule has 29 heavy (non-hydrogen) atoms. The van der Waals surface area contributed by atoms with Crippen molar-refractivity contribution in [2.45, 2.75) is 36.9 Å². The first-order valence-corrected chi connectivity index (χ1v) is 10.5. The number of halogens is 2. The van der Waals surface area contributed by atoms with Gasteiger partial charge in [0.1, 0.15) is 0 Å². The number of nitrogens with one attached hydrogen (secondary N) is 1. The number of hydrogen-bond donors (Lipinski definition) is 2. The number of aliphatic hydroxyl groups excluding tert-OH is 1. The molecule has 0 aliphatic heterocycles. The Hall–Kier alpha value is -2.06. The monoisotopic (exact) mass is 451 g/mol. The maximum atomic E-state index is 12.9. The zero-order valence-electron chi connectivity index (χ0n) is 15.7. The lowest BCUT2D eigenvalue weighted by atomic mass is 10.2. The summed E-state index contributed by atoms with van der Waals surface area (Å²) >= 11 is 13.1. The molecule has 152 valence electrons. The van der Waals surface area contributed by atoms with Gasteiger partial charge < -0.3 is 10.4 Å². The third-order valence-electron chi connectivity index (χ3n) is 4.07. The Kier molecular flexibility index (Phi) is 6.85. The predicted octanol–water partition coefficient (Wildman–Crippen LogP) is 4.20. The Labute approximate surface area is 181 Å². The Balaban J connectivity index is 1.92. The number of aliphatic hydroxyl groups is 1. The largest absolute Gasteiger partial charge is 0.392 e.